The molecule has 0 saturated heterocycles. The zero-order valence-corrected chi connectivity index (χ0v) is 11.6. The molecule has 3 nitrogen and oxygen atoms in total. The molecule has 1 aromatic rings. The number of sulfone groups is 1. The Morgan fingerprint density at radius 1 is 1.41 bits per heavy atom. The second-order valence-electron chi connectivity index (χ2n) is 4.17. The van der Waals surface area contributed by atoms with E-state index >= 15 is 0 Å². The lowest BCUT2D eigenvalue weighted by molar-refractivity contribution is -0.116. The SMILES string of the molecule is CC(=O)CC(C)S(=O)(=O)c1ccc(Cl)c(C)c1. The molecule has 5 heteroatoms. The lowest BCUT2D eigenvalue weighted by atomic mass is 10.2. The highest BCUT2D eigenvalue weighted by Gasteiger charge is 2.24. The predicted octanol–water partition coefficient (Wildman–Crippen LogP) is 2.79. The molecule has 1 atom stereocenters. The van der Waals surface area contributed by atoms with E-state index in [4.69, 9.17) is 11.6 Å². The Bertz CT molecular complexity index is 535. The molecule has 0 aliphatic rings. The van der Waals surface area contributed by atoms with Crippen LogP contribution in [0.2, 0.25) is 5.02 Å². The maximum atomic E-state index is 12.1. The topological polar surface area (TPSA) is 51.2 Å². The molecule has 0 spiro atoms. The number of benzene rings is 1. The summed E-state index contributed by atoms with van der Waals surface area (Å²) in [6.45, 7) is 4.68. The predicted molar refractivity (Wildman–Crippen MR) is 68.1 cm³/mol. The van der Waals surface area contributed by atoms with Gasteiger partial charge in [0.25, 0.3) is 0 Å². The summed E-state index contributed by atoms with van der Waals surface area (Å²) in [5.74, 6) is -0.133. The molecule has 1 aromatic carbocycles. The largest absolute Gasteiger partial charge is 0.300 e. The van der Waals surface area contributed by atoms with Crippen molar-refractivity contribution in [3.05, 3.63) is 28.8 Å². The number of halogens is 1. The van der Waals surface area contributed by atoms with Gasteiger partial charge in [0.2, 0.25) is 0 Å². The molecule has 0 heterocycles. The highest BCUT2D eigenvalue weighted by atomic mass is 35.5. The maximum absolute atomic E-state index is 12.1. The summed E-state index contributed by atoms with van der Waals surface area (Å²) in [6, 6.07) is 4.57. The van der Waals surface area contributed by atoms with Crippen LogP contribution >= 0.6 is 11.6 Å². The molecule has 0 saturated carbocycles. The third kappa shape index (κ3) is 3.30. The van der Waals surface area contributed by atoms with E-state index in [1.165, 1.54) is 19.1 Å². The number of hydrogen-bond acceptors (Lipinski definition) is 3. The maximum Gasteiger partial charge on any atom is 0.181 e. The molecule has 94 valence electrons. The third-order valence-electron chi connectivity index (χ3n) is 2.56. The lowest BCUT2D eigenvalue weighted by Gasteiger charge is -2.12. The van der Waals surface area contributed by atoms with E-state index in [0.717, 1.165) is 0 Å². The minimum atomic E-state index is -3.45. The third-order valence-corrected chi connectivity index (χ3v) is 5.12. The number of Topliss-reactive ketones (excluding diaryl/α,β-unsaturated/α-hetero) is 1. The summed E-state index contributed by atoms with van der Waals surface area (Å²) in [6.07, 6.45) is 0.0318. The van der Waals surface area contributed by atoms with Gasteiger partial charge in [0.05, 0.1) is 10.1 Å². The average Bonchev–Trinajstić information content (AvgIpc) is 2.20. The van der Waals surface area contributed by atoms with Crippen LogP contribution in [0.4, 0.5) is 0 Å². The van der Waals surface area contributed by atoms with Crippen LogP contribution in [0, 0.1) is 6.92 Å². The van der Waals surface area contributed by atoms with Gasteiger partial charge in [0.1, 0.15) is 5.78 Å². The van der Waals surface area contributed by atoms with Gasteiger partial charge in [-0.3, -0.25) is 4.79 Å². The van der Waals surface area contributed by atoms with Crippen LogP contribution in [0.3, 0.4) is 0 Å². The zero-order chi connectivity index (χ0) is 13.2. The van der Waals surface area contributed by atoms with Gasteiger partial charge in [-0.1, -0.05) is 11.6 Å². The Hall–Kier alpha value is -0.870. The highest BCUT2D eigenvalue weighted by molar-refractivity contribution is 7.92. The van der Waals surface area contributed by atoms with Gasteiger partial charge in [0.15, 0.2) is 9.84 Å². The van der Waals surface area contributed by atoms with E-state index in [0.29, 0.717) is 10.6 Å². The molecule has 0 radical (unpaired) electrons. The number of aryl methyl sites for hydroxylation is 1. The molecule has 1 rings (SSSR count). The summed E-state index contributed by atoms with van der Waals surface area (Å²) in [5, 5.41) is -0.177. The molecule has 0 aliphatic heterocycles. The van der Waals surface area contributed by atoms with Crippen LogP contribution in [0.15, 0.2) is 23.1 Å². The quantitative estimate of drug-likeness (QED) is 0.848. The fraction of sp³-hybridized carbons (Fsp3) is 0.417. The van der Waals surface area contributed by atoms with Crippen LogP contribution in [0.1, 0.15) is 25.8 Å². The van der Waals surface area contributed by atoms with Gasteiger partial charge in [0, 0.05) is 11.4 Å². The molecule has 17 heavy (non-hydrogen) atoms. The number of rotatable bonds is 4. The number of carbonyl (C=O) groups is 1. The van der Waals surface area contributed by atoms with Crippen molar-refractivity contribution in [2.24, 2.45) is 0 Å². The number of hydrogen-bond donors (Lipinski definition) is 0. The second-order valence-corrected chi connectivity index (χ2v) is 6.95. The second kappa shape index (κ2) is 5.19. The van der Waals surface area contributed by atoms with E-state index in [9.17, 15) is 13.2 Å². The standard InChI is InChI=1S/C12H15ClO3S/c1-8-6-11(4-5-12(8)13)17(15,16)10(3)7-9(2)14/h4-6,10H,7H2,1-3H3. The molecule has 0 amide bonds. The zero-order valence-electron chi connectivity index (χ0n) is 10.0. The van der Waals surface area contributed by atoms with E-state index in [2.05, 4.69) is 0 Å². The summed E-state index contributed by atoms with van der Waals surface area (Å²) < 4.78 is 24.3. The van der Waals surface area contributed by atoms with E-state index < -0.39 is 15.1 Å². The van der Waals surface area contributed by atoms with Crippen molar-refractivity contribution in [2.45, 2.75) is 37.3 Å². The minimum Gasteiger partial charge on any atom is -0.300 e. The highest BCUT2D eigenvalue weighted by Crippen LogP contribution is 2.23. The van der Waals surface area contributed by atoms with E-state index in [1.54, 1.807) is 19.9 Å². The molecule has 0 N–H and O–H groups in total. The van der Waals surface area contributed by atoms with Gasteiger partial charge in [-0.15, -0.1) is 0 Å². The first-order chi connectivity index (χ1) is 7.75. The van der Waals surface area contributed by atoms with Gasteiger partial charge < -0.3 is 0 Å². The van der Waals surface area contributed by atoms with Crippen LogP contribution in [-0.4, -0.2) is 19.5 Å². The molecule has 0 fully saturated rings. The van der Waals surface area contributed by atoms with Gasteiger partial charge >= 0.3 is 0 Å². The van der Waals surface area contributed by atoms with Gasteiger partial charge in [-0.2, -0.15) is 0 Å². The van der Waals surface area contributed by atoms with Crippen LogP contribution in [-0.2, 0) is 14.6 Å². The van der Waals surface area contributed by atoms with Gasteiger partial charge in [-0.25, -0.2) is 8.42 Å². The Kier molecular flexibility index (Phi) is 4.33. The summed E-state index contributed by atoms with van der Waals surface area (Å²) >= 11 is 5.85. The summed E-state index contributed by atoms with van der Waals surface area (Å²) in [7, 11) is -3.45. The first-order valence-corrected chi connectivity index (χ1v) is 7.17. The fourth-order valence-electron chi connectivity index (χ4n) is 1.54. The van der Waals surface area contributed by atoms with Crippen molar-refractivity contribution in [1.29, 1.82) is 0 Å². The monoisotopic (exact) mass is 274 g/mol. The first kappa shape index (κ1) is 14.2. The van der Waals surface area contributed by atoms with E-state index in [-0.39, 0.29) is 17.1 Å². The van der Waals surface area contributed by atoms with Crippen LogP contribution in [0.5, 0.6) is 0 Å². The van der Waals surface area contributed by atoms with Crippen molar-refractivity contribution >= 4 is 27.2 Å². The normalized spacial score (nSPS) is 13.4. The first-order valence-electron chi connectivity index (χ1n) is 5.24. The Balaban J connectivity index is 3.13. The Morgan fingerprint density at radius 3 is 2.47 bits per heavy atom. The smallest absolute Gasteiger partial charge is 0.181 e. The number of ketones is 1. The van der Waals surface area contributed by atoms with Crippen LogP contribution < -0.4 is 0 Å². The Morgan fingerprint density at radius 2 is 2.00 bits per heavy atom. The Labute approximate surface area is 107 Å². The average molecular weight is 275 g/mol. The van der Waals surface area contributed by atoms with Crippen molar-refractivity contribution in [1.82, 2.24) is 0 Å². The fourth-order valence-corrected chi connectivity index (χ4v) is 3.18. The van der Waals surface area contributed by atoms with Crippen molar-refractivity contribution < 1.29 is 13.2 Å². The summed E-state index contributed by atoms with van der Waals surface area (Å²) in [5.41, 5.74) is 0.711. The van der Waals surface area contributed by atoms with E-state index in [1.807, 2.05) is 0 Å². The number of carbonyl (C=O) groups excluding carboxylic acids is 1. The molecular weight excluding hydrogens is 260 g/mol. The van der Waals surface area contributed by atoms with Crippen molar-refractivity contribution in [3.8, 4) is 0 Å². The van der Waals surface area contributed by atoms with Crippen LogP contribution in [0.25, 0.3) is 0 Å². The van der Waals surface area contributed by atoms with Gasteiger partial charge in [-0.05, 0) is 44.5 Å². The van der Waals surface area contributed by atoms with Crippen molar-refractivity contribution in [2.75, 3.05) is 0 Å². The lowest BCUT2D eigenvalue weighted by Crippen LogP contribution is -2.20. The molecular formula is C12H15ClO3S. The van der Waals surface area contributed by atoms with Crippen molar-refractivity contribution in [3.63, 3.8) is 0 Å². The summed E-state index contributed by atoms with van der Waals surface area (Å²) in [4.78, 5) is 11.2. The molecule has 1 unspecified atom stereocenters. The molecule has 0 aromatic heterocycles. The molecule has 0 bridgehead atoms. The minimum absolute atomic E-state index is 0.0318. The molecule has 0 aliphatic carbocycles.